The van der Waals surface area contributed by atoms with E-state index in [-0.39, 0.29) is 5.60 Å². The molecule has 0 amide bonds. The second kappa shape index (κ2) is 7.33. The highest BCUT2D eigenvalue weighted by Gasteiger charge is 2.59. The van der Waals surface area contributed by atoms with E-state index < -0.39 is 0 Å². The van der Waals surface area contributed by atoms with E-state index in [0.29, 0.717) is 23.5 Å². The summed E-state index contributed by atoms with van der Waals surface area (Å²) in [5, 5.41) is 3.88. The van der Waals surface area contributed by atoms with Crippen molar-refractivity contribution in [2.75, 3.05) is 6.54 Å². The van der Waals surface area contributed by atoms with Crippen LogP contribution in [0.4, 0.5) is 0 Å². The summed E-state index contributed by atoms with van der Waals surface area (Å²) in [5.41, 5.74) is 4.36. The third-order valence-corrected chi connectivity index (χ3v) is 11.9. The molecule has 0 aromatic carbocycles. The molecule has 6 rings (SSSR count). The molecule has 0 radical (unpaired) electrons. The van der Waals surface area contributed by atoms with Crippen molar-refractivity contribution in [1.82, 2.24) is 5.32 Å². The first-order chi connectivity index (χ1) is 14.8. The molecule has 6 aliphatic rings. The number of allylic oxidation sites excluding steroid dienone is 1. The van der Waals surface area contributed by atoms with Gasteiger partial charge in [0, 0.05) is 12.0 Å². The zero-order valence-electron chi connectivity index (χ0n) is 20.9. The molecular weight excluding hydrogens is 378 g/mol. The summed E-state index contributed by atoms with van der Waals surface area (Å²) in [4.78, 5) is 0. The van der Waals surface area contributed by atoms with E-state index in [1.54, 1.807) is 5.57 Å². The highest BCUT2D eigenvalue weighted by atomic mass is 16.5. The third-order valence-electron chi connectivity index (χ3n) is 11.9. The molecule has 2 aliphatic heterocycles. The summed E-state index contributed by atoms with van der Waals surface area (Å²) in [7, 11) is 0. The van der Waals surface area contributed by atoms with Crippen LogP contribution in [0.1, 0.15) is 98.8 Å². The Morgan fingerprint density at radius 1 is 0.968 bits per heavy atom. The van der Waals surface area contributed by atoms with E-state index in [2.05, 4.69) is 39.9 Å². The Balaban J connectivity index is 1.27. The standard InChI is InChI=1S/C29H47NO/c1-17-8-10-28(5)21(12-17)6-7-23-22-9-11-29(15-19(3)24(22)14-25(23)28)20(4)27-26(31-29)13-18(2)16-30-27/h17-18,20-23,25-27,30H,6-16H2,1-5H3/t17-,18-,20+,21+,22-,23-,25-,26+,27-,28-,29?/m0/s1. The monoisotopic (exact) mass is 425 g/mol. The molecule has 0 bridgehead atoms. The molecule has 3 saturated carbocycles. The maximum Gasteiger partial charge on any atom is 0.0765 e. The molecule has 4 aliphatic carbocycles. The largest absolute Gasteiger partial charge is 0.369 e. The molecular formula is C29H47NO. The smallest absolute Gasteiger partial charge is 0.0765 e. The first kappa shape index (κ1) is 21.2. The van der Waals surface area contributed by atoms with Crippen molar-refractivity contribution in [3.63, 3.8) is 0 Å². The lowest BCUT2D eigenvalue weighted by atomic mass is 9.51. The van der Waals surface area contributed by atoms with Crippen molar-refractivity contribution in [2.45, 2.75) is 117 Å². The van der Waals surface area contributed by atoms with E-state index >= 15 is 0 Å². The van der Waals surface area contributed by atoms with Gasteiger partial charge in [-0.25, -0.2) is 0 Å². The minimum absolute atomic E-state index is 0.102. The Morgan fingerprint density at radius 2 is 1.81 bits per heavy atom. The van der Waals surface area contributed by atoms with E-state index in [9.17, 15) is 0 Å². The normalized spacial score (nSPS) is 56.6. The molecule has 2 nitrogen and oxygen atoms in total. The summed E-state index contributed by atoms with van der Waals surface area (Å²) in [6, 6.07) is 0.582. The number of hydrogen-bond donors (Lipinski definition) is 1. The van der Waals surface area contributed by atoms with Gasteiger partial charge in [-0.2, -0.15) is 0 Å². The summed E-state index contributed by atoms with van der Waals surface area (Å²) < 4.78 is 7.05. The van der Waals surface area contributed by atoms with Crippen molar-refractivity contribution in [3.05, 3.63) is 11.1 Å². The lowest BCUT2D eigenvalue weighted by Crippen LogP contribution is -2.48. The number of nitrogens with one attached hydrogen (secondary N) is 1. The van der Waals surface area contributed by atoms with E-state index in [1.165, 1.54) is 70.8 Å². The molecule has 2 saturated heterocycles. The van der Waals surface area contributed by atoms with Crippen LogP contribution >= 0.6 is 0 Å². The van der Waals surface area contributed by atoms with Crippen LogP contribution < -0.4 is 5.32 Å². The number of rotatable bonds is 0. The maximum absolute atomic E-state index is 7.05. The molecule has 2 heterocycles. The Labute approximate surface area is 191 Å². The molecule has 0 aromatic heterocycles. The second-order valence-electron chi connectivity index (χ2n) is 13.5. The van der Waals surface area contributed by atoms with Crippen molar-refractivity contribution >= 4 is 0 Å². The zero-order chi connectivity index (χ0) is 21.5. The highest BCUT2D eigenvalue weighted by Crippen LogP contribution is 2.65. The second-order valence-corrected chi connectivity index (χ2v) is 13.5. The molecule has 1 unspecified atom stereocenters. The first-order valence-corrected chi connectivity index (χ1v) is 13.9. The van der Waals surface area contributed by atoms with Crippen LogP contribution in [-0.2, 0) is 4.74 Å². The molecule has 31 heavy (non-hydrogen) atoms. The molecule has 0 aromatic rings. The minimum atomic E-state index is 0.102. The van der Waals surface area contributed by atoms with Crippen molar-refractivity contribution < 1.29 is 4.74 Å². The molecule has 174 valence electrons. The van der Waals surface area contributed by atoms with Gasteiger partial charge in [0.25, 0.3) is 0 Å². The Hall–Kier alpha value is -0.340. The van der Waals surface area contributed by atoms with E-state index in [1.807, 2.05) is 5.57 Å². The molecule has 11 atom stereocenters. The van der Waals surface area contributed by atoms with Gasteiger partial charge in [0.1, 0.15) is 0 Å². The predicted octanol–water partition coefficient (Wildman–Crippen LogP) is 6.75. The minimum Gasteiger partial charge on any atom is -0.369 e. The van der Waals surface area contributed by atoms with Gasteiger partial charge in [-0.15, -0.1) is 0 Å². The van der Waals surface area contributed by atoms with Crippen molar-refractivity contribution in [2.24, 2.45) is 46.8 Å². The van der Waals surface area contributed by atoms with Gasteiger partial charge in [-0.05, 0) is 112 Å². The molecule has 2 heteroatoms. The Kier molecular flexibility index (Phi) is 5.01. The van der Waals surface area contributed by atoms with Gasteiger partial charge in [0.05, 0.1) is 11.7 Å². The summed E-state index contributed by atoms with van der Waals surface area (Å²) in [6.07, 6.45) is 14.5. The number of piperidine rings is 1. The highest BCUT2D eigenvalue weighted by molar-refractivity contribution is 5.29. The maximum atomic E-state index is 7.05. The van der Waals surface area contributed by atoms with Gasteiger partial charge in [-0.3, -0.25) is 0 Å². The quantitative estimate of drug-likeness (QED) is 0.434. The lowest BCUT2D eigenvalue weighted by molar-refractivity contribution is -0.0751. The lowest BCUT2D eigenvalue weighted by Gasteiger charge is -2.54. The van der Waals surface area contributed by atoms with E-state index in [4.69, 9.17) is 4.74 Å². The average Bonchev–Trinajstić information content (AvgIpc) is 3.19. The van der Waals surface area contributed by atoms with Gasteiger partial charge in [0.2, 0.25) is 0 Å². The van der Waals surface area contributed by atoms with Crippen LogP contribution in [0.2, 0.25) is 0 Å². The van der Waals surface area contributed by atoms with Crippen LogP contribution in [0, 0.1) is 46.8 Å². The average molecular weight is 426 g/mol. The predicted molar refractivity (Wildman–Crippen MR) is 128 cm³/mol. The molecule has 1 spiro atoms. The van der Waals surface area contributed by atoms with Crippen molar-refractivity contribution in [1.29, 1.82) is 0 Å². The molecule has 1 N–H and O–H groups in total. The fourth-order valence-corrected chi connectivity index (χ4v) is 10.0. The van der Waals surface area contributed by atoms with Gasteiger partial charge >= 0.3 is 0 Å². The zero-order valence-corrected chi connectivity index (χ0v) is 20.9. The summed E-state index contributed by atoms with van der Waals surface area (Å²) in [6.45, 7) is 13.8. The van der Waals surface area contributed by atoms with Crippen LogP contribution in [0.15, 0.2) is 11.1 Å². The van der Waals surface area contributed by atoms with Crippen molar-refractivity contribution in [3.8, 4) is 0 Å². The Morgan fingerprint density at radius 3 is 2.65 bits per heavy atom. The van der Waals surface area contributed by atoms with Gasteiger partial charge in [-0.1, -0.05) is 45.3 Å². The summed E-state index contributed by atoms with van der Waals surface area (Å²) in [5.74, 6) is 6.16. The SMILES string of the molecule is CC1=C2C[C@H]3[C@@H](CC[C@@H]4C[C@@H](C)CC[C@@]43C)[C@@H]2CCC2(C1)O[C@@H]1C[C@H](C)CN[C@H]1[C@H]2C. The Bertz CT molecular complexity index is 758. The third kappa shape index (κ3) is 3.09. The van der Waals surface area contributed by atoms with Gasteiger partial charge < -0.3 is 10.1 Å². The number of fused-ring (bicyclic) bond motifs is 6. The van der Waals surface area contributed by atoms with Crippen LogP contribution in [0.25, 0.3) is 0 Å². The van der Waals surface area contributed by atoms with Crippen LogP contribution in [0.5, 0.6) is 0 Å². The van der Waals surface area contributed by atoms with Crippen LogP contribution in [-0.4, -0.2) is 24.3 Å². The van der Waals surface area contributed by atoms with Crippen LogP contribution in [0.3, 0.4) is 0 Å². The van der Waals surface area contributed by atoms with E-state index in [0.717, 1.165) is 35.5 Å². The van der Waals surface area contributed by atoms with Gasteiger partial charge in [0.15, 0.2) is 0 Å². The number of ether oxygens (including phenoxy) is 1. The first-order valence-electron chi connectivity index (χ1n) is 13.9. The summed E-state index contributed by atoms with van der Waals surface area (Å²) >= 11 is 0. The fourth-order valence-electron chi connectivity index (χ4n) is 10.0. The topological polar surface area (TPSA) is 21.3 Å². The number of hydrogen-bond acceptors (Lipinski definition) is 2. The fraction of sp³-hybridized carbons (Fsp3) is 0.931. The molecule has 5 fully saturated rings.